The Morgan fingerprint density at radius 1 is 1.04 bits per heavy atom. The lowest BCUT2D eigenvalue weighted by Crippen LogP contribution is -2.78. The lowest BCUT2D eigenvalue weighted by atomic mass is 9.64. The van der Waals surface area contributed by atoms with Gasteiger partial charge in [-0.2, -0.15) is 0 Å². The number of amides is 1. The summed E-state index contributed by atoms with van der Waals surface area (Å²) < 4.78 is 28.2. The molecule has 5 unspecified atom stereocenters. The van der Waals surface area contributed by atoms with Crippen molar-refractivity contribution in [3.05, 3.63) is 29.8 Å². The van der Waals surface area contributed by atoms with Gasteiger partial charge in [0.25, 0.3) is 5.91 Å². The SMILES string of the molecule is CC1(C)C(=O)N(C2CCC3CC4CC2CC34)N1c1cc(F)ccc1F. The van der Waals surface area contributed by atoms with E-state index < -0.39 is 17.2 Å². The third kappa shape index (κ3) is 1.98. The molecular formula is C20H24F2N2O. The van der Waals surface area contributed by atoms with Crippen LogP contribution in [0.5, 0.6) is 0 Å². The van der Waals surface area contributed by atoms with E-state index in [0.29, 0.717) is 5.92 Å². The fraction of sp³-hybridized carbons (Fsp3) is 0.650. The second-order valence-corrected chi connectivity index (χ2v) is 8.91. The minimum atomic E-state index is -0.831. The minimum Gasteiger partial charge on any atom is -0.270 e. The van der Waals surface area contributed by atoms with Crippen LogP contribution in [0.2, 0.25) is 0 Å². The Hall–Kier alpha value is -1.65. The molecule has 25 heavy (non-hydrogen) atoms. The van der Waals surface area contributed by atoms with E-state index in [1.165, 1.54) is 25.3 Å². The number of hydrogen-bond donors (Lipinski definition) is 0. The first-order chi connectivity index (χ1) is 11.9. The Balaban J connectivity index is 1.51. The van der Waals surface area contributed by atoms with Crippen LogP contribution in [-0.4, -0.2) is 22.5 Å². The molecule has 3 nitrogen and oxygen atoms in total. The molecule has 0 radical (unpaired) electrons. The van der Waals surface area contributed by atoms with E-state index in [0.717, 1.165) is 42.7 Å². The van der Waals surface area contributed by atoms with Gasteiger partial charge in [-0.05, 0) is 81.8 Å². The number of fused-ring (bicyclic) bond motifs is 1. The molecule has 1 amide bonds. The van der Waals surface area contributed by atoms with Crippen molar-refractivity contribution in [3.63, 3.8) is 0 Å². The third-order valence-corrected chi connectivity index (χ3v) is 7.30. The van der Waals surface area contributed by atoms with Crippen LogP contribution < -0.4 is 5.01 Å². The lowest BCUT2D eigenvalue weighted by molar-refractivity contribution is -0.158. The van der Waals surface area contributed by atoms with Crippen molar-refractivity contribution in [1.82, 2.24) is 5.01 Å². The van der Waals surface area contributed by atoms with Gasteiger partial charge in [0.1, 0.15) is 17.2 Å². The molecule has 134 valence electrons. The van der Waals surface area contributed by atoms with E-state index in [2.05, 4.69) is 0 Å². The van der Waals surface area contributed by atoms with E-state index in [4.69, 9.17) is 0 Å². The standard InChI is InChI=1S/C20H24F2N2O/c1-20(2)19(25)23(24(20)18-10-14(21)4-5-16(18)22)17-6-3-11-7-12-8-13(17)9-15(11)12/h4-5,10-13,15,17H,3,6-9H2,1-2H3. The summed E-state index contributed by atoms with van der Waals surface area (Å²) in [6.45, 7) is 3.59. The number of anilines is 1. The van der Waals surface area contributed by atoms with Crippen LogP contribution >= 0.6 is 0 Å². The van der Waals surface area contributed by atoms with Crippen molar-refractivity contribution >= 4 is 11.6 Å². The topological polar surface area (TPSA) is 23.6 Å². The van der Waals surface area contributed by atoms with E-state index in [-0.39, 0.29) is 17.6 Å². The number of carbonyl (C=O) groups excluding carboxylic acids is 1. The fourth-order valence-electron chi connectivity index (χ4n) is 6.06. The Bertz CT molecular complexity index is 749. The molecule has 3 aliphatic carbocycles. The molecule has 5 rings (SSSR count). The summed E-state index contributed by atoms with van der Waals surface area (Å²) in [7, 11) is 0. The predicted molar refractivity (Wildman–Crippen MR) is 90.6 cm³/mol. The van der Waals surface area contributed by atoms with Crippen molar-refractivity contribution in [1.29, 1.82) is 0 Å². The molecule has 1 aromatic carbocycles. The van der Waals surface area contributed by atoms with E-state index in [1.807, 2.05) is 0 Å². The molecule has 1 aliphatic heterocycles. The number of nitrogens with zero attached hydrogens (tertiary/aromatic N) is 2. The Kier molecular flexibility index (Phi) is 3.09. The first-order valence-corrected chi connectivity index (χ1v) is 9.47. The maximum Gasteiger partial charge on any atom is 0.268 e. The Labute approximate surface area is 146 Å². The summed E-state index contributed by atoms with van der Waals surface area (Å²) in [6, 6.07) is 3.61. The van der Waals surface area contributed by atoms with Crippen LogP contribution in [0.4, 0.5) is 14.5 Å². The molecular weight excluding hydrogens is 322 g/mol. The van der Waals surface area contributed by atoms with Crippen LogP contribution in [0.15, 0.2) is 18.2 Å². The summed E-state index contributed by atoms with van der Waals surface area (Å²) in [5, 5.41) is 3.47. The molecule has 2 bridgehead atoms. The highest BCUT2D eigenvalue weighted by Crippen LogP contribution is 2.60. The zero-order valence-corrected chi connectivity index (χ0v) is 14.7. The Morgan fingerprint density at radius 3 is 2.60 bits per heavy atom. The highest BCUT2D eigenvalue weighted by molar-refractivity contribution is 5.98. The molecule has 1 heterocycles. The number of halogens is 2. The van der Waals surface area contributed by atoms with Gasteiger partial charge < -0.3 is 0 Å². The lowest BCUT2D eigenvalue weighted by Gasteiger charge is -2.60. The molecule has 0 N–H and O–H groups in total. The molecule has 4 fully saturated rings. The predicted octanol–water partition coefficient (Wildman–Crippen LogP) is 4.13. The van der Waals surface area contributed by atoms with Gasteiger partial charge in [0.05, 0.1) is 11.7 Å². The van der Waals surface area contributed by atoms with Gasteiger partial charge in [-0.15, -0.1) is 0 Å². The number of hydrogen-bond acceptors (Lipinski definition) is 2. The van der Waals surface area contributed by atoms with E-state index in [1.54, 1.807) is 23.9 Å². The first-order valence-electron chi connectivity index (χ1n) is 9.47. The zero-order chi connectivity index (χ0) is 17.5. The number of carbonyl (C=O) groups is 1. The molecule has 3 saturated carbocycles. The minimum absolute atomic E-state index is 0.0279. The van der Waals surface area contributed by atoms with Gasteiger partial charge in [-0.1, -0.05) is 0 Å². The van der Waals surface area contributed by atoms with E-state index in [9.17, 15) is 13.6 Å². The largest absolute Gasteiger partial charge is 0.270 e. The monoisotopic (exact) mass is 346 g/mol. The molecule has 4 aliphatic rings. The molecule has 5 atom stereocenters. The quantitative estimate of drug-likeness (QED) is 0.804. The molecule has 0 spiro atoms. The second kappa shape index (κ2) is 4.95. The van der Waals surface area contributed by atoms with Crippen LogP contribution in [0.3, 0.4) is 0 Å². The molecule has 1 saturated heterocycles. The first kappa shape index (κ1) is 15.6. The summed E-state index contributed by atoms with van der Waals surface area (Å²) in [6.07, 6.45) is 5.88. The number of hydrazine groups is 1. The van der Waals surface area contributed by atoms with Crippen LogP contribution in [0, 0.1) is 35.3 Å². The van der Waals surface area contributed by atoms with Crippen LogP contribution in [-0.2, 0) is 4.79 Å². The van der Waals surface area contributed by atoms with Crippen molar-refractivity contribution in [3.8, 4) is 0 Å². The highest BCUT2D eigenvalue weighted by Gasteiger charge is 2.60. The molecule has 5 heteroatoms. The highest BCUT2D eigenvalue weighted by atomic mass is 19.1. The van der Waals surface area contributed by atoms with Gasteiger partial charge in [0.15, 0.2) is 0 Å². The van der Waals surface area contributed by atoms with Crippen molar-refractivity contribution in [2.45, 2.75) is 57.5 Å². The summed E-state index contributed by atoms with van der Waals surface area (Å²) in [4.78, 5) is 12.9. The van der Waals surface area contributed by atoms with Crippen LogP contribution in [0.25, 0.3) is 0 Å². The summed E-state index contributed by atoms with van der Waals surface area (Å²) >= 11 is 0. The second-order valence-electron chi connectivity index (χ2n) is 8.91. The summed E-state index contributed by atoms with van der Waals surface area (Å²) in [5.41, 5.74) is -0.657. The fourth-order valence-corrected chi connectivity index (χ4v) is 6.06. The van der Waals surface area contributed by atoms with Gasteiger partial charge in [0, 0.05) is 6.07 Å². The zero-order valence-electron chi connectivity index (χ0n) is 14.7. The normalized spacial score (nSPS) is 38.2. The van der Waals surface area contributed by atoms with E-state index >= 15 is 0 Å². The molecule has 0 aromatic heterocycles. The van der Waals surface area contributed by atoms with Crippen LogP contribution in [0.1, 0.15) is 46.0 Å². The molecule has 1 aromatic rings. The third-order valence-electron chi connectivity index (χ3n) is 7.30. The Morgan fingerprint density at radius 2 is 1.80 bits per heavy atom. The smallest absolute Gasteiger partial charge is 0.268 e. The maximum atomic E-state index is 14.4. The van der Waals surface area contributed by atoms with Gasteiger partial charge in [-0.25, -0.2) is 13.8 Å². The number of rotatable bonds is 2. The van der Waals surface area contributed by atoms with Crippen molar-refractivity contribution in [2.75, 3.05) is 5.01 Å². The van der Waals surface area contributed by atoms with Gasteiger partial charge in [0.2, 0.25) is 0 Å². The van der Waals surface area contributed by atoms with Gasteiger partial charge in [-0.3, -0.25) is 9.80 Å². The maximum absolute atomic E-state index is 14.4. The number of benzene rings is 1. The van der Waals surface area contributed by atoms with Crippen molar-refractivity contribution in [2.24, 2.45) is 23.7 Å². The average molecular weight is 346 g/mol. The summed E-state index contributed by atoms with van der Waals surface area (Å²) in [5.74, 6) is 2.08. The average Bonchev–Trinajstić information content (AvgIpc) is 2.80. The van der Waals surface area contributed by atoms with Crippen molar-refractivity contribution < 1.29 is 13.6 Å². The van der Waals surface area contributed by atoms with Gasteiger partial charge >= 0.3 is 0 Å².